The Morgan fingerprint density at radius 2 is 1.44 bits per heavy atom. The minimum Gasteiger partial charge on any atom is -0.480 e. The highest BCUT2D eigenvalue weighted by atomic mass is 19.3. The van der Waals surface area contributed by atoms with Gasteiger partial charge in [0.1, 0.15) is 19.2 Å². The molecule has 34 heavy (non-hydrogen) atoms. The number of carboxylic acids is 1. The third-order valence-electron chi connectivity index (χ3n) is 5.23. The molecule has 0 radical (unpaired) electrons. The first-order chi connectivity index (χ1) is 16.3. The van der Waals surface area contributed by atoms with E-state index in [9.17, 15) is 28.0 Å². The third kappa shape index (κ3) is 6.27. The summed E-state index contributed by atoms with van der Waals surface area (Å²) in [5.41, 5.74) is 4.21. The number of hydrogen-bond donors (Lipinski definition) is 4. The maximum absolute atomic E-state index is 12.4. The first-order valence-corrected chi connectivity index (χ1v) is 10.4. The summed E-state index contributed by atoms with van der Waals surface area (Å²) in [6, 6.07) is 13.8. The van der Waals surface area contributed by atoms with Crippen LogP contribution >= 0.6 is 0 Å². The van der Waals surface area contributed by atoms with Gasteiger partial charge in [-0.05, 0) is 22.3 Å². The van der Waals surface area contributed by atoms with E-state index >= 15 is 0 Å². The van der Waals surface area contributed by atoms with Crippen LogP contribution in [0, 0.1) is 0 Å². The first-order valence-electron chi connectivity index (χ1n) is 10.4. The zero-order valence-electron chi connectivity index (χ0n) is 17.9. The number of carbonyl (C=O) groups is 4. The number of alkyl halides is 2. The second kappa shape index (κ2) is 11.2. The number of ether oxygens (including phenoxy) is 1. The minimum atomic E-state index is -2.92. The molecule has 0 aromatic heterocycles. The minimum absolute atomic E-state index is 0.0601. The molecular formula is C23H23F2N3O6. The van der Waals surface area contributed by atoms with Crippen molar-refractivity contribution in [2.24, 2.45) is 0 Å². The topological polar surface area (TPSA) is 134 Å². The Hall–Kier alpha value is -4.02. The summed E-state index contributed by atoms with van der Waals surface area (Å²) in [5, 5.41) is 15.1. The standard InChI is InChI=1S/C23H23F2N3O6/c24-19(25)9-18(22(31)32)28-21(30)11-26-20(29)10-27-23(33)34-12-17-15-7-3-1-5-13(15)14-6-2-4-8-16(14)17/h1-8,17-19H,9-12H2,(H,26,29)(H,27,33)(H,28,30)(H,31,32). The summed E-state index contributed by atoms with van der Waals surface area (Å²) in [6.07, 6.45) is -4.81. The van der Waals surface area contributed by atoms with E-state index in [0.29, 0.717) is 0 Å². The average Bonchev–Trinajstić information content (AvgIpc) is 3.13. The van der Waals surface area contributed by atoms with Crippen LogP contribution in [0.5, 0.6) is 0 Å². The number of benzene rings is 2. The second-order valence-corrected chi connectivity index (χ2v) is 7.54. The molecule has 3 rings (SSSR count). The summed E-state index contributed by atoms with van der Waals surface area (Å²) in [7, 11) is 0. The van der Waals surface area contributed by atoms with E-state index in [0.717, 1.165) is 22.3 Å². The Balaban J connectivity index is 1.42. The molecule has 2 aromatic carbocycles. The smallest absolute Gasteiger partial charge is 0.407 e. The van der Waals surface area contributed by atoms with E-state index in [-0.39, 0.29) is 12.5 Å². The predicted molar refractivity (Wildman–Crippen MR) is 116 cm³/mol. The number of amides is 3. The summed E-state index contributed by atoms with van der Waals surface area (Å²) in [5.74, 6) is -3.46. The van der Waals surface area contributed by atoms with E-state index in [1.165, 1.54) is 0 Å². The van der Waals surface area contributed by atoms with Crippen LogP contribution in [0.3, 0.4) is 0 Å². The van der Waals surface area contributed by atoms with Crippen molar-refractivity contribution in [1.82, 2.24) is 16.0 Å². The van der Waals surface area contributed by atoms with Crippen LogP contribution in [0.1, 0.15) is 23.5 Å². The van der Waals surface area contributed by atoms with Gasteiger partial charge in [-0.3, -0.25) is 9.59 Å². The lowest BCUT2D eigenvalue weighted by Crippen LogP contribution is -2.47. The maximum Gasteiger partial charge on any atom is 0.407 e. The Morgan fingerprint density at radius 1 is 0.882 bits per heavy atom. The Bertz CT molecular complexity index is 1030. The molecule has 4 N–H and O–H groups in total. The molecule has 1 aliphatic rings. The van der Waals surface area contributed by atoms with Gasteiger partial charge in [0.15, 0.2) is 0 Å². The highest BCUT2D eigenvalue weighted by Gasteiger charge is 2.29. The molecule has 180 valence electrons. The quantitative estimate of drug-likeness (QED) is 0.415. The average molecular weight is 475 g/mol. The van der Waals surface area contributed by atoms with Crippen molar-refractivity contribution in [1.29, 1.82) is 0 Å². The fourth-order valence-corrected chi connectivity index (χ4v) is 3.69. The van der Waals surface area contributed by atoms with Gasteiger partial charge >= 0.3 is 12.1 Å². The Kier molecular flexibility index (Phi) is 8.12. The van der Waals surface area contributed by atoms with E-state index < -0.39 is 55.9 Å². The normalized spacial score (nSPS) is 12.9. The van der Waals surface area contributed by atoms with Crippen molar-refractivity contribution in [2.75, 3.05) is 19.7 Å². The van der Waals surface area contributed by atoms with Gasteiger partial charge in [0.05, 0.1) is 6.54 Å². The number of fused-ring (bicyclic) bond motifs is 3. The van der Waals surface area contributed by atoms with Crippen molar-refractivity contribution < 1.29 is 37.8 Å². The van der Waals surface area contributed by atoms with Crippen molar-refractivity contribution in [3.05, 3.63) is 59.7 Å². The molecule has 1 atom stereocenters. The molecule has 2 aromatic rings. The van der Waals surface area contributed by atoms with Crippen LogP contribution in [0.15, 0.2) is 48.5 Å². The fourth-order valence-electron chi connectivity index (χ4n) is 3.69. The fraction of sp³-hybridized carbons (Fsp3) is 0.304. The third-order valence-corrected chi connectivity index (χ3v) is 5.23. The number of carboxylic acid groups (broad SMARTS) is 1. The SMILES string of the molecule is O=C(CNC(=O)OCC1c2ccccc2-c2ccccc21)NCC(=O)NC(CC(F)F)C(=O)O. The number of aliphatic carboxylic acids is 1. The lowest BCUT2D eigenvalue weighted by molar-refractivity contribution is -0.142. The largest absolute Gasteiger partial charge is 0.480 e. The van der Waals surface area contributed by atoms with Crippen molar-refractivity contribution in [3.8, 4) is 11.1 Å². The lowest BCUT2D eigenvalue weighted by atomic mass is 9.98. The molecule has 3 amide bonds. The Morgan fingerprint density at radius 3 is 2.00 bits per heavy atom. The molecule has 11 heteroatoms. The van der Waals surface area contributed by atoms with Crippen molar-refractivity contribution in [3.63, 3.8) is 0 Å². The highest BCUT2D eigenvalue weighted by molar-refractivity contribution is 5.89. The zero-order valence-corrected chi connectivity index (χ0v) is 17.9. The van der Waals surface area contributed by atoms with Crippen LogP contribution < -0.4 is 16.0 Å². The van der Waals surface area contributed by atoms with Crippen LogP contribution in [0.2, 0.25) is 0 Å². The zero-order chi connectivity index (χ0) is 24.7. The number of halogens is 2. The van der Waals surface area contributed by atoms with Gasteiger partial charge in [-0.2, -0.15) is 0 Å². The van der Waals surface area contributed by atoms with Gasteiger partial charge in [0, 0.05) is 12.3 Å². The lowest BCUT2D eigenvalue weighted by Gasteiger charge is -2.15. The number of nitrogens with one attached hydrogen (secondary N) is 3. The van der Waals surface area contributed by atoms with Gasteiger partial charge < -0.3 is 25.8 Å². The van der Waals surface area contributed by atoms with Crippen LogP contribution in [-0.2, 0) is 19.1 Å². The van der Waals surface area contributed by atoms with Crippen LogP contribution in [0.25, 0.3) is 11.1 Å². The summed E-state index contributed by atoms with van der Waals surface area (Å²) >= 11 is 0. The van der Waals surface area contributed by atoms with Gasteiger partial charge in [0.25, 0.3) is 0 Å². The molecule has 1 aliphatic carbocycles. The molecule has 0 spiro atoms. The predicted octanol–water partition coefficient (Wildman–Crippen LogP) is 1.87. The number of alkyl carbamates (subject to hydrolysis) is 1. The van der Waals surface area contributed by atoms with Crippen LogP contribution in [-0.4, -0.2) is 61.1 Å². The molecule has 0 saturated heterocycles. The molecule has 0 aliphatic heterocycles. The summed E-state index contributed by atoms with van der Waals surface area (Å²) in [4.78, 5) is 46.5. The van der Waals surface area contributed by atoms with Crippen LogP contribution in [0.4, 0.5) is 13.6 Å². The van der Waals surface area contributed by atoms with E-state index in [1.807, 2.05) is 53.8 Å². The van der Waals surface area contributed by atoms with Gasteiger partial charge in [0.2, 0.25) is 18.2 Å². The highest BCUT2D eigenvalue weighted by Crippen LogP contribution is 2.44. The first kappa shape index (κ1) is 24.6. The van der Waals surface area contributed by atoms with Crippen molar-refractivity contribution in [2.45, 2.75) is 24.8 Å². The monoisotopic (exact) mass is 475 g/mol. The Labute approximate surface area is 193 Å². The molecule has 1 unspecified atom stereocenters. The van der Waals surface area contributed by atoms with Gasteiger partial charge in [-0.25, -0.2) is 18.4 Å². The van der Waals surface area contributed by atoms with E-state index in [1.54, 1.807) is 0 Å². The number of hydrogen-bond acceptors (Lipinski definition) is 5. The van der Waals surface area contributed by atoms with Crippen molar-refractivity contribution >= 4 is 23.9 Å². The number of rotatable bonds is 10. The summed E-state index contributed by atoms with van der Waals surface area (Å²) in [6.45, 7) is -1.08. The molecule has 0 heterocycles. The maximum atomic E-state index is 12.4. The molecule has 9 nitrogen and oxygen atoms in total. The van der Waals surface area contributed by atoms with E-state index in [2.05, 4.69) is 10.6 Å². The molecule has 0 bridgehead atoms. The molecule has 0 saturated carbocycles. The summed E-state index contributed by atoms with van der Waals surface area (Å²) < 4.78 is 30.0. The van der Waals surface area contributed by atoms with Gasteiger partial charge in [-0.1, -0.05) is 48.5 Å². The second-order valence-electron chi connectivity index (χ2n) is 7.54. The molecule has 0 fully saturated rings. The molecular weight excluding hydrogens is 452 g/mol. The number of carbonyl (C=O) groups excluding carboxylic acids is 3. The van der Waals surface area contributed by atoms with Gasteiger partial charge in [-0.15, -0.1) is 0 Å². The van der Waals surface area contributed by atoms with E-state index in [4.69, 9.17) is 9.84 Å².